The number of rotatable bonds is 2. The van der Waals surface area contributed by atoms with Crippen LogP contribution in [0.1, 0.15) is 10.4 Å². The number of fused-ring (bicyclic) bond motifs is 1. The number of anilines is 1. The van der Waals surface area contributed by atoms with Crippen LogP contribution >= 0.6 is 27.5 Å². The molecular weight excluding hydrogens is 340 g/mol. The third-order valence-corrected chi connectivity index (χ3v) is 3.94. The Kier molecular flexibility index (Phi) is 3.51. The molecular formula is C15H10BrClN2O. The fourth-order valence-electron chi connectivity index (χ4n) is 2.06. The molecule has 2 N–H and O–H groups in total. The van der Waals surface area contributed by atoms with Crippen LogP contribution in [-0.4, -0.2) is 10.9 Å². The van der Waals surface area contributed by atoms with Crippen LogP contribution in [-0.2, 0) is 0 Å². The van der Waals surface area contributed by atoms with Gasteiger partial charge in [-0.3, -0.25) is 4.79 Å². The first-order valence-corrected chi connectivity index (χ1v) is 7.15. The topological polar surface area (TPSA) is 44.9 Å². The highest BCUT2D eigenvalue weighted by Gasteiger charge is 2.12. The zero-order chi connectivity index (χ0) is 14.1. The lowest BCUT2D eigenvalue weighted by Gasteiger charge is -2.08. The Morgan fingerprint density at radius 1 is 1.20 bits per heavy atom. The Morgan fingerprint density at radius 2 is 2.05 bits per heavy atom. The molecule has 1 heterocycles. The van der Waals surface area contributed by atoms with Gasteiger partial charge in [0, 0.05) is 21.1 Å². The Bertz CT molecular complexity index is 797. The predicted molar refractivity (Wildman–Crippen MR) is 85.4 cm³/mol. The number of benzene rings is 2. The molecule has 2 aromatic carbocycles. The van der Waals surface area contributed by atoms with Crippen molar-refractivity contribution in [3.8, 4) is 0 Å². The summed E-state index contributed by atoms with van der Waals surface area (Å²) in [6, 6.07) is 12.8. The maximum atomic E-state index is 12.4. The summed E-state index contributed by atoms with van der Waals surface area (Å²) < 4.78 is 0.786. The molecule has 0 unspecified atom stereocenters. The van der Waals surface area contributed by atoms with E-state index in [0.717, 1.165) is 15.4 Å². The lowest BCUT2D eigenvalue weighted by molar-refractivity contribution is 0.102. The van der Waals surface area contributed by atoms with Gasteiger partial charge < -0.3 is 10.3 Å². The van der Waals surface area contributed by atoms with E-state index in [1.807, 2.05) is 24.4 Å². The van der Waals surface area contributed by atoms with Gasteiger partial charge in [0.05, 0.1) is 16.8 Å². The summed E-state index contributed by atoms with van der Waals surface area (Å²) in [7, 11) is 0. The molecule has 100 valence electrons. The molecule has 5 heteroatoms. The minimum absolute atomic E-state index is 0.180. The third-order valence-electron chi connectivity index (χ3n) is 3.01. The minimum Gasteiger partial charge on any atom is -0.361 e. The van der Waals surface area contributed by atoms with Gasteiger partial charge in [-0.05, 0) is 46.3 Å². The predicted octanol–water partition coefficient (Wildman–Crippen LogP) is 4.84. The maximum absolute atomic E-state index is 12.4. The zero-order valence-electron chi connectivity index (χ0n) is 10.3. The third kappa shape index (κ3) is 2.44. The standard InChI is InChI=1S/C15H10BrClN2O/c16-12-5-4-10(17)8-13(12)19-15(20)11-3-1-2-9-6-7-18-14(9)11/h1-8,18H,(H,19,20). The highest BCUT2D eigenvalue weighted by molar-refractivity contribution is 9.10. The summed E-state index contributed by atoms with van der Waals surface area (Å²) >= 11 is 9.34. The summed E-state index contributed by atoms with van der Waals surface area (Å²) in [4.78, 5) is 15.5. The molecule has 3 nitrogen and oxygen atoms in total. The summed E-state index contributed by atoms with van der Waals surface area (Å²) in [6.07, 6.45) is 1.82. The SMILES string of the molecule is O=C(Nc1cc(Cl)ccc1Br)c1cccc2cc[nH]c12. The van der Waals surface area contributed by atoms with Crippen molar-refractivity contribution in [2.45, 2.75) is 0 Å². The van der Waals surface area contributed by atoms with Crippen LogP contribution in [0.25, 0.3) is 10.9 Å². The van der Waals surface area contributed by atoms with E-state index >= 15 is 0 Å². The molecule has 1 amide bonds. The van der Waals surface area contributed by atoms with Crippen molar-refractivity contribution in [3.63, 3.8) is 0 Å². The first-order valence-electron chi connectivity index (χ1n) is 5.97. The van der Waals surface area contributed by atoms with E-state index in [1.54, 1.807) is 24.3 Å². The van der Waals surface area contributed by atoms with E-state index < -0.39 is 0 Å². The van der Waals surface area contributed by atoms with E-state index in [0.29, 0.717) is 16.3 Å². The number of hydrogen-bond donors (Lipinski definition) is 2. The van der Waals surface area contributed by atoms with Crippen LogP contribution in [0.3, 0.4) is 0 Å². The van der Waals surface area contributed by atoms with Crippen LogP contribution in [0.15, 0.2) is 53.1 Å². The molecule has 0 radical (unpaired) electrons. The van der Waals surface area contributed by atoms with Gasteiger partial charge in [-0.25, -0.2) is 0 Å². The molecule has 0 aliphatic carbocycles. The molecule has 0 fully saturated rings. The second-order valence-corrected chi connectivity index (χ2v) is 5.62. The summed E-state index contributed by atoms with van der Waals surface area (Å²) in [6.45, 7) is 0. The van der Waals surface area contributed by atoms with E-state index in [9.17, 15) is 4.79 Å². The molecule has 3 rings (SSSR count). The van der Waals surface area contributed by atoms with Crippen LogP contribution in [0.4, 0.5) is 5.69 Å². The van der Waals surface area contributed by atoms with Crippen molar-refractivity contribution in [2.75, 3.05) is 5.32 Å². The van der Waals surface area contributed by atoms with Crippen LogP contribution in [0, 0.1) is 0 Å². The van der Waals surface area contributed by atoms with E-state index in [4.69, 9.17) is 11.6 Å². The van der Waals surface area contributed by atoms with Crippen molar-refractivity contribution in [1.29, 1.82) is 0 Å². The monoisotopic (exact) mass is 348 g/mol. The van der Waals surface area contributed by atoms with Gasteiger partial charge in [0.2, 0.25) is 0 Å². The van der Waals surface area contributed by atoms with Gasteiger partial charge in [0.1, 0.15) is 0 Å². The van der Waals surface area contributed by atoms with Gasteiger partial charge in [-0.2, -0.15) is 0 Å². The second-order valence-electron chi connectivity index (χ2n) is 4.33. The molecule has 0 spiro atoms. The Morgan fingerprint density at radius 3 is 2.90 bits per heavy atom. The average Bonchev–Trinajstić information content (AvgIpc) is 2.91. The first kappa shape index (κ1) is 13.2. The summed E-state index contributed by atoms with van der Waals surface area (Å²) in [5.74, 6) is -0.180. The zero-order valence-corrected chi connectivity index (χ0v) is 12.6. The van der Waals surface area contributed by atoms with Crippen molar-refractivity contribution < 1.29 is 4.79 Å². The largest absolute Gasteiger partial charge is 0.361 e. The van der Waals surface area contributed by atoms with Crippen molar-refractivity contribution >= 4 is 50.0 Å². The lowest BCUT2D eigenvalue weighted by atomic mass is 10.1. The number of aromatic amines is 1. The van der Waals surface area contributed by atoms with Gasteiger partial charge >= 0.3 is 0 Å². The molecule has 0 aliphatic heterocycles. The number of carbonyl (C=O) groups is 1. The van der Waals surface area contributed by atoms with E-state index in [1.165, 1.54) is 0 Å². The van der Waals surface area contributed by atoms with Crippen LogP contribution in [0.5, 0.6) is 0 Å². The number of amides is 1. The fraction of sp³-hybridized carbons (Fsp3) is 0. The van der Waals surface area contributed by atoms with Crippen LogP contribution < -0.4 is 5.32 Å². The number of halogens is 2. The smallest absolute Gasteiger partial charge is 0.257 e. The molecule has 0 saturated carbocycles. The molecule has 0 atom stereocenters. The Labute approximate surface area is 129 Å². The van der Waals surface area contributed by atoms with Gasteiger partial charge in [0.25, 0.3) is 5.91 Å². The first-order chi connectivity index (χ1) is 9.65. The normalized spacial score (nSPS) is 10.7. The molecule has 1 aromatic heterocycles. The second kappa shape index (κ2) is 5.31. The molecule has 20 heavy (non-hydrogen) atoms. The number of H-pyrrole nitrogens is 1. The maximum Gasteiger partial charge on any atom is 0.257 e. The number of hydrogen-bond acceptors (Lipinski definition) is 1. The van der Waals surface area contributed by atoms with Crippen molar-refractivity contribution in [2.24, 2.45) is 0 Å². The number of nitrogens with one attached hydrogen (secondary N) is 2. The molecule has 0 aliphatic rings. The van der Waals surface area contributed by atoms with Crippen molar-refractivity contribution in [1.82, 2.24) is 4.98 Å². The quantitative estimate of drug-likeness (QED) is 0.683. The lowest BCUT2D eigenvalue weighted by Crippen LogP contribution is -2.12. The number of para-hydroxylation sites is 1. The molecule has 0 bridgehead atoms. The molecule has 3 aromatic rings. The Balaban J connectivity index is 1.97. The van der Waals surface area contributed by atoms with Crippen molar-refractivity contribution in [3.05, 3.63) is 63.7 Å². The highest BCUT2D eigenvalue weighted by atomic mass is 79.9. The fourth-order valence-corrected chi connectivity index (χ4v) is 2.57. The highest BCUT2D eigenvalue weighted by Crippen LogP contribution is 2.27. The van der Waals surface area contributed by atoms with Gasteiger partial charge in [-0.15, -0.1) is 0 Å². The number of aromatic nitrogens is 1. The average molecular weight is 350 g/mol. The van der Waals surface area contributed by atoms with E-state index in [2.05, 4.69) is 26.2 Å². The minimum atomic E-state index is -0.180. The Hall–Kier alpha value is -1.78. The van der Waals surface area contributed by atoms with E-state index in [-0.39, 0.29) is 5.91 Å². The molecule has 0 saturated heterocycles. The number of carbonyl (C=O) groups excluding carboxylic acids is 1. The van der Waals surface area contributed by atoms with Gasteiger partial charge in [-0.1, -0.05) is 23.7 Å². The van der Waals surface area contributed by atoms with Gasteiger partial charge in [0.15, 0.2) is 0 Å². The summed E-state index contributed by atoms with van der Waals surface area (Å²) in [5, 5.41) is 4.43. The van der Waals surface area contributed by atoms with Crippen LogP contribution in [0.2, 0.25) is 5.02 Å². The summed E-state index contributed by atoms with van der Waals surface area (Å²) in [5.41, 5.74) is 2.06.